The molecule has 1 fully saturated rings. The van der Waals surface area contributed by atoms with Gasteiger partial charge in [-0.25, -0.2) is 9.18 Å². The number of hydrogen-bond acceptors (Lipinski definition) is 3. The van der Waals surface area contributed by atoms with E-state index in [0.29, 0.717) is 24.7 Å². The number of hydrogen-bond donors (Lipinski definition) is 1. The molecular formula is C20H24FN3O2. The normalized spacial score (nSPS) is 19.0. The predicted octanol–water partition coefficient (Wildman–Crippen LogP) is 4.70. The second-order valence-corrected chi connectivity index (χ2v) is 7.02. The number of nitrogens with one attached hydrogen (secondary N) is 1. The maximum Gasteiger partial charge on any atom is 0.323 e. The molecule has 5 nitrogen and oxygen atoms in total. The first-order valence-corrected chi connectivity index (χ1v) is 8.80. The molecule has 1 N–H and O–H groups in total. The van der Waals surface area contributed by atoms with E-state index in [9.17, 15) is 9.18 Å². The van der Waals surface area contributed by atoms with E-state index in [-0.39, 0.29) is 17.8 Å². The predicted molar refractivity (Wildman–Crippen MR) is 99.5 cm³/mol. The Balaban J connectivity index is 1.67. The molecule has 1 saturated heterocycles. The number of aryl methyl sites for hydroxylation is 2. The number of urea groups is 1. The van der Waals surface area contributed by atoms with Crippen molar-refractivity contribution < 1.29 is 13.7 Å². The summed E-state index contributed by atoms with van der Waals surface area (Å²) in [6.45, 7) is 8.88. The van der Waals surface area contributed by atoms with Gasteiger partial charge in [0.25, 0.3) is 0 Å². The number of amides is 2. The van der Waals surface area contributed by atoms with Crippen LogP contribution < -0.4 is 5.32 Å². The fraction of sp³-hybridized carbons (Fsp3) is 0.400. The van der Waals surface area contributed by atoms with Crippen molar-refractivity contribution in [1.82, 2.24) is 10.1 Å². The molecular weight excluding hydrogens is 333 g/mol. The lowest BCUT2D eigenvalue weighted by atomic mass is 9.91. The van der Waals surface area contributed by atoms with Crippen LogP contribution in [0.3, 0.4) is 0 Å². The molecule has 0 aliphatic carbocycles. The summed E-state index contributed by atoms with van der Waals surface area (Å²) < 4.78 is 18.7. The van der Waals surface area contributed by atoms with Crippen molar-refractivity contribution in [2.24, 2.45) is 5.92 Å². The van der Waals surface area contributed by atoms with Crippen LogP contribution in [0.1, 0.15) is 35.8 Å². The van der Waals surface area contributed by atoms with Gasteiger partial charge in [-0.1, -0.05) is 29.8 Å². The van der Waals surface area contributed by atoms with Gasteiger partial charge < -0.3 is 9.42 Å². The third-order valence-electron chi connectivity index (χ3n) is 4.88. The first kappa shape index (κ1) is 18.2. The molecule has 1 aromatic heterocycles. The highest BCUT2D eigenvalue weighted by Crippen LogP contribution is 2.26. The van der Waals surface area contributed by atoms with Crippen molar-refractivity contribution >= 4 is 17.9 Å². The largest absolute Gasteiger partial charge is 0.359 e. The molecule has 0 radical (unpaired) electrons. The van der Waals surface area contributed by atoms with E-state index in [1.807, 2.05) is 32.9 Å². The Kier molecular flexibility index (Phi) is 5.11. The van der Waals surface area contributed by atoms with Crippen molar-refractivity contribution in [3.63, 3.8) is 0 Å². The van der Waals surface area contributed by atoms with Crippen molar-refractivity contribution in [1.29, 1.82) is 0 Å². The molecule has 1 atom stereocenters. The lowest BCUT2D eigenvalue weighted by molar-refractivity contribution is 0.197. The summed E-state index contributed by atoms with van der Waals surface area (Å²) in [7, 11) is 0. The highest BCUT2D eigenvalue weighted by atomic mass is 19.1. The Morgan fingerprint density at radius 3 is 2.73 bits per heavy atom. The van der Waals surface area contributed by atoms with Gasteiger partial charge in [0.15, 0.2) is 5.82 Å². The van der Waals surface area contributed by atoms with E-state index in [1.54, 1.807) is 11.0 Å². The second kappa shape index (κ2) is 7.32. The molecule has 0 saturated carbocycles. The van der Waals surface area contributed by atoms with Gasteiger partial charge in [-0.3, -0.25) is 5.32 Å². The van der Waals surface area contributed by atoms with Gasteiger partial charge in [0.05, 0.1) is 0 Å². The highest BCUT2D eigenvalue weighted by Gasteiger charge is 2.25. The summed E-state index contributed by atoms with van der Waals surface area (Å²) in [5.41, 5.74) is 3.84. The van der Waals surface area contributed by atoms with Crippen LogP contribution in [-0.4, -0.2) is 29.2 Å². The lowest BCUT2D eigenvalue weighted by Crippen LogP contribution is -2.42. The van der Waals surface area contributed by atoms with Crippen molar-refractivity contribution in [2.45, 2.75) is 34.1 Å². The molecule has 2 heterocycles. The topological polar surface area (TPSA) is 58.4 Å². The second-order valence-electron chi connectivity index (χ2n) is 7.02. The zero-order valence-corrected chi connectivity index (χ0v) is 15.6. The van der Waals surface area contributed by atoms with E-state index in [1.165, 1.54) is 11.6 Å². The first-order valence-electron chi connectivity index (χ1n) is 8.80. The Labute approximate surface area is 152 Å². The van der Waals surface area contributed by atoms with Gasteiger partial charge >= 0.3 is 6.03 Å². The minimum absolute atomic E-state index is 0.172. The van der Waals surface area contributed by atoms with Gasteiger partial charge in [-0.15, -0.1) is 0 Å². The number of rotatable bonds is 2. The van der Waals surface area contributed by atoms with E-state index in [4.69, 9.17) is 4.52 Å². The first-order chi connectivity index (χ1) is 12.3. The molecule has 138 valence electrons. The van der Waals surface area contributed by atoms with E-state index in [2.05, 4.69) is 17.4 Å². The van der Waals surface area contributed by atoms with Crippen molar-refractivity contribution in [3.05, 3.63) is 52.0 Å². The van der Waals surface area contributed by atoms with Crippen LogP contribution in [0.15, 0.2) is 28.3 Å². The van der Waals surface area contributed by atoms with Crippen molar-refractivity contribution in [2.75, 3.05) is 18.4 Å². The third-order valence-corrected chi connectivity index (χ3v) is 4.88. The summed E-state index contributed by atoms with van der Waals surface area (Å²) in [5.74, 6) is 1.15. The fourth-order valence-corrected chi connectivity index (χ4v) is 3.23. The Morgan fingerprint density at radius 2 is 2.12 bits per heavy atom. The van der Waals surface area contributed by atoms with E-state index < -0.39 is 0 Å². The molecule has 1 unspecified atom stereocenters. The van der Waals surface area contributed by atoms with Crippen LogP contribution in [0.2, 0.25) is 0 Å². The number of piperidine rings is 1. The molecule has 26 heavy (non-hydrogen) atoms. The summed E-state index contributed by atoms with van der Waals surface area (Å²) in [4.78, 5) is 14.3. The Bertz CT molecular complexity index is 836. The number of likely N-dealkylation sites (tertiary alicyclic amines) is 1. The van der Waals surface area contributed by atoms with Crippen molar-refractivity contribution in [3.8, 4) is 0 Å². The van der Waals surface area contributed by atoms with Crippen LogP contribution >= 0.6 is 0 Å². The van der Waals surface area contributed by atoms with Gasteiger partial charge in [-0.05, 0) is 56.4 Å². The maximum absolute atomic E-state index is 13.6. The zero-order valence-electron chi connectivity index (χ0n) is 15.6. The molecule has 0 bridgehead atoms. The maximum atomic E-state index is 13.6. The summed E-state index contributed by atoms with van der Waals surface area (Å²) >= 11 is 0. The standard InChI is InChI=1S/C20H24FN3O2/c1-12-7-16(10-18(21)8-12)9-17-5-6-24(11-13(17)2)20(25)22-19-14(3)15(4)26-23-19/h7-10,13H,5-6,11H2,1-4H3,(H,22,23,25)/b17-9+. The molecule has 6 heteroatoms. The highest BCUT2D eigenvalue weighted by molar-refractivity contribution is 5.89. The van der Waals surface area contributed by atoms with Crippen LogP contribution in [0, 0.1) is 32.5 Å². The molecule has 1 aliphatic heterocycles. The van der Waals surface area contributed by atoms with Crippen LogP contribution in [0.5, 0.6) is 0 Å². The van der Waals surface area contributed by atoms with Crippen LogP contribution in [-0.2, 0) is 0 Å². The number of aromatic nitrogens is 1. The quantitative estimate of drug-likeness (QED) is 0.848. The molecule has 3 rings (SSSR count). The van der Waals surface area contributed by atoms with E-state index >= 15 is 0 Å². The van der Waals surface area contributed by atoms with Gasteiger partial charge in [0.2, 0.25) is 0 Å². The molecule has 2 aromatic rings. The number of carbonyl (C=O) groups excluding carboxylic acids is 1. The zero-order chi connectivity index (χ0) is 18.8. The molecule has 2 amide bonds. The molecule has 1 aliphatic rings. The van der Waals surface area contributed by atoms with Gasteiger partial charge in [0, 0.05) is 18.7 Å². The number of anilines is 1. The minimum atomic E-state index is -0.223. The summed E-state index contributed by atoms with van der Waals surface area (Å²) in [6, 6.07) is 4.86. The smallest absolute Gasteiger partial charge is 0.323 e. The van der Waals surface area contributed by atoms with Gasteiger partial charge in [-0.2, -0.15) is 0 Å². The van der Waals surface area contributed by atoms with Crippen LogP contribution in [0.4, 0.5) is 15.0 Å². The van der Waals surface area contributed by atoms with E-state index in [0.717, 1.165) is 23.1 Å². The van der Waals surface area contributed by atoms with Crippen LogP contribution in [0.25, 0.3) is 6.08 Å². The average Bonchev–Trinajstić information content (AvgIpc) is 2.88. The third kappa shape index (κ3) is 3.95. The monoisotopic (exact) mass is 357 g/mol. The molecule has 0 spiro atoms. The molecule has 1 aromatic carbocycles. The summed E-state index contributed by atoms with van der Waals surface area (Å²) in [5, 5.41) is 6.69. The SMILES string of the molecule is Cc1cc(F)cc(/C=C2\CCN(C(=O)Nc3noc(C)c3C)CC2C)c1. The lowest BCUT2D eigenvalue weighted by Gasteiger charge is -2.33. The number of benzene rings is 1. The Morgan fingerprint density at radius 1 is 1.35 bits per heavy atom. The minimum Gasteiger partial charge on any atom is -0.359 e. The summed E-state index contributed by atoms with van der Waals surface area (Å²) in [6.07, 6.45) is 2.81. The number of nitrogens with zero attached hydrogens (tertiary/aromatic N) is 2. The number of carbonyl (C=O) groups is 1. The average molecular weight is 357 g/mol. The Hall–Kier alpha value is -2.63. The number of halogens is 1. The fourth-order valence-electron chi connectivity index (χ4n) is 3.23. The van der Waals surface area contributed by atoms with Gasteiger partial charge in [0.1, 0.15) is 11.6 Å².